The van der Waals surface area contributed by atoms with Gasteiger partial charge in [-0.2, -0.15) is 0 Å². The molecule has 1 amide bonds. The molecule has 0 fully saturated rings. The second kappa shape index (κ2) is 6.29. The Kier molecular flexibility index (Phi) is 4.66. The highest BCUT2D eigenvalue weighted by Crippen LogP contribution is 2.28. The summed E-state index contributed by atoms with van der Waals surface area (Å²) in [6.45, 7) is 7.72. The van der Waals surface area contributed by atoms with Crippen molar-refractivity contribution in [3.05, 3.63) is 35.7 Å². The van der Waals surface area contributed by atoms with Crippen LogP contribution < -0.4 is 5.32 Å². The molecule has 1 aliphatic rings. The number of rotatable bonds is 2. The second-order valence-electron chi connectivity index (χ2n) is 6.54. The second-order valence-corrected chi connectivity index (χ2v) is 6.54. The van der Waals surface area contributed by atoms with Crippen LogP contribution in [0.15, 0.2) is 24.5 Å². The zero-order valence-electron chi connectivity index (χ0n) is 13.3. The summed E-state index contributed by atoms with van der Waals surface area (Å²) < 4.78 is 5.29. The summed E-state index contributed by atoms with van der Waals surface area (Å²) in [7, 11) is 0. The number of hydrogen-bond acceptors (Lipinski definition) is 3. The standard InChI is InChI=1S/C17H24N2O2/c1-12-9-10-18-11-15(12)13-5-7-14(8-6-13)19-16(20)21-17(2,3)4/h5,9-11,14H,6-8H2,1-4H3,(H,19,20). The summed E-state index contributed by atoms with van der Waals surface area (Å²) in [5.74, 6) is 0. The Labute approximate surface area is 126 Å². The van der Waals surface area contributed by atoms with Crippen LogP contribution in [-0.2, 0) is 4.74 Å². The molecule has 1 aliphatic carbocycles. The minimum absolute atomic E-state index is 0.153. The van der Waals surface area contributed by atoms with Gasteiger partial charge in [0.1, 0.15) is 5.60 Å². The lowest BCUT2D eigenvalue weighted by molar-refractivity contribution is 0.0502. The average molecular weight is 288 g/mol. The van der Waals surface area contributed by atoms with E-state index in [9.17, 15) is 4.79 Å². The van der Waals surface area contributed by atoms with Crippen molar-refractivity contribution >= 4 is 11.7 Å². The molecule has 0 bridgehead atoms. The SMILES string of the molecule is Cc1ccncc1C1=CCC(NC(=O)OC(C)(C)C)CC1. The highest BCUT2D eigenvalue weighted by Gasteiger charge is 2.21. The third kappa shape index (κ3) is 4.59. The fraction of sp³-hybridized carbons (Fsp3) is 0.529. The van der Waals surface area contributed by atoms with Crippen molar-refractivity contribution < 1.29 is 9.53 Å². The topological polar surface area (TPSA) is 51.2 Å². The van der Waals surface area contributed by atoms with E-state index in [1.807, 2.05) is 39.2 Å². The van der Waals surface area contributed by atoms with Crippen LogP contribution in [0.25, 0.3) is 5.57 Å². The van der Waals surface area contributed by atoms with Gasteiger partial charge in [0.15, 0.2) is 0 Å². The lowest BCUT2D eigenvalue weighted by atomic mass is 9.90. The number of amides is 1. The summed E-state index contributed by atoms with van der Waals surface area (Å²) >= 11 is 0. The smallest absolute Gasteiger partial charge is 0.407 e. The van der Waals surface area contributed by atoms with Crippen LogP contribution in [0.4, 0.5) is 4.79 Å². The summed E-state index contributed by atoms with van der Waals surface area (Å²) in [6, 6.07) is 2.18. The number of alkyl carbamates (subject to hydrolysis) is 1. The van der Waals surface area contributed by atoms with Gasteiger partial charge >= 0.3 is 6.09 Å². The van der Waals surface area contributed by atoms with Gasteiger partial charge in [0.05, 0.1) is 0 Å². The van der Waals surface area contributed by atoms with Gasteiger partial charge in [0.2, 0.25) is 0 Å². The Balaban J connectivity index is 1.93. The molecule has 0 saturated heterocycles. The predicted molar refractivity (Wildman–Crippen MR) is 84.0 cm³/mol. The summed E-state index contributed by atoms with van der Waals surface area (Å²) in [5.41, 5.74) is 3.33. The molecule has 1 aromatic rings. The van der Waals surface area contributed by atoms with Gasteiger partial charge in [0.25, 0.3) is 0 Å². The zero-order chi connectivity index (χ0) is 15.5. The molecule has 0 saturated carbocycles. The average Bonchev–Trinajstić information content (AvgIpc) is 2.38. The van der Waals surface area contributed by atoms with Crippen molar-refractivity contribution in [2.45, 2.75) is 58.6 Å². The Bertz CT molecular complexity index is 544. The number of ether oxygens (including phenoxy) is 1. The monoisotopic (exact) mass is 288 g/mol. The van der Waals surface area contributed by atoms with Gasteiger partial charge in [-0.05, 0) is 69.7 Å². The molecule has 0 aromatic carbocycles. The van der Waals surface area contributed by atoms with Crippen LogP contribution in [-0.4, -0.2) is 22.7 Å². The Morgan fingerprint density at radius 1 is 1.43 bits per heavy atom. The molecule has 1 unspecified atom stereocenters. The maximum absolute atomic E-state index is 11.8. The van der Waals surface area contributed by atoms with Crippen LogP contribution in [0.5, 0.6) is 0 Å². The van der Waals surface area contributed by atoms with E-state index < -0.39 is 5.60 Å². The number of nitrogens with zero attached hydrogens (tertiary/aromatic N) is 1. The fourth-order valence-corrected chi connectivity index (χ4v) is 2.48. The van der Waals surface area contributed by atoms with E-state index in [4.69, 9.17) is 4.74 Å². The molecular weight excluding hydrogens is 264 g/mol. The van der Waals surface area contributed by atoms with Gasteiger partial charge in [-0.15, -0.1) is 0 Å². The van der Waals surface area contributed by atoms with Crippen molar-refractivity contribution in [3.8, 4) is 0 Å². The number of carbonyl (C=O) groups excluding carboxylic acids is 1. The van der Waals surface area contributed by atoms with Crippen molar-refractivity contribution in [1.82, 2.24) is 10.3 Å². The van der Waals surface area contributed by atoms with E-state index in [0.717, 1.165) is 19.3 Å². The molecule has 0 radical (unpaired) electrons. The van der Waals surface area contributed by atoms with E-state index in [1.54, 1.807) is 0 Å². The molecule has 4 heteroatoms. The molecule has 4 nitrogen and oxygen atoms in total. The minimum atomic E-state index is -0.452. The molecule has 114 valence electrons. The van der Waals surface area contributed by atoms with Crippen molar-refractivity contribution in [3.63, 3.8) is 0 Å². The van der Waals surface area contributed by atoms with Crippen LogP contribution in [0.1, 0.15) is 51.2 Å². The Hall–Kier alpha value is -1.84. The molecule has 1 atom stereocenters. The Morgan fingerprint density at radius 3 is 2.76 bits per heavy atom. The number of carbonyl (C=O) groups is 1. The highest BCUT2D eigenvalue weighted by atomic mass is 16.6. The summed E-state index contributed by atoms with van der Waals surface area (Å²) in [6.07, 6.45) is 8.32. The molecule has 1 N–H and O–H groups in total. The first-order valence-corrected chi connectivity index (χ1v) is 7.45. The van der Waals surface area contributed by atoms with E-state index in [-0.39, 0.29) is 12.1 Å². The van der Waals surface area contributed by atoms with Gasteiger partial charge in [-0.25, -0.2) is 4.79 Å². The lowest BCUT2D eigenvalue weighted by Crippen LogP contribution is -2.39. The molecule has 1 heterocycles. The zero-order valence-corrected chi connectivity index (χ0v) is 13.3. The maximum Gasteiger partial charge on any atom is 0.407 e. The molecule has 21 heavy (non-hydrogen) atoms. The van der Waals surface area contributed by atoms with Gasteiger partial charge < -0.3 is 10.1 Å². The maximum atomic E-state index is 11.8. The van der Waals surface area contributed by atoms with Crippen molar-refractivity contribution in [2.24, 2.45) is 0 Å². The number of hydrogen-bond donors (Lipinski definition) is 1. The van der Waals surface area contributed by atoms with Gasteiger partial charge in [-0.3, -0.25) is 4.98 Å². The highest BCUT2D eigenvalue weighted by molar-refractivity contribution is 5.70. The number of aromatic nitrogens is 1. The van der Waals surface area contributed by atoms with Crippen LogP contribution in [0.3, 0.4) is 0 Å². The third-order valence-corrected chi connectivity index (χ3v) is 3.52. The predicted octanol–water partition coefficient (Wildman–Crippen LogP) is 3.85. The van der Waals surface area contributed by atoms with E-state index in [1.165, 1.54) is 16.7 Å². The first-order valence-electron chi connectivity index (χ1n) is 7.45. The lowest BCUT2D eigenvalue weighted by Gasteiger charge is -2.26. The Morgan fingerprint density at radius 2 is 2.19 bits per heavy atom. The first-order chi connectivity index (χ1) is 9.85. The molecular formula is C17H24N2O2. The quantitative estimate of drug-likeness (QED) is 0.899. The number of allylic oxidation sites excluding steroid dienone is 1. The van der Waals surface area contributed by atoms with E-state index in [2.05, 4.69) is 23.3 Å². The first kappa shape index (κ1) is 15.5. The number of nitrogens with one attached hydrogen (secondary N) is 1. The van der Waals surface area contributed by atoms with Crippen LogP contribution >= 0.6 is 0 Å². The molecule has 0 aliphatic heterocycles. The fourth-order valence-electron chi connectivity index (χ4n) is 2.48. The van der Waals surface area contributed by atoms with Gasteiger partial charge in [0, 0.05) is 18.4 Å². The summed E-state index contributed by atoms with van der Waals surface area (Å²) in [5, 5.41) is 2.94. The largest absolute Gasteiger partial charge is 0.444 e. The van der Waals surface area contributed by atoms with Crippen molar-refractivity contribution in [2.75, 3.05) is 0 Å². The normalized spacial score (nSPS) is 18.9. The van der Waals surface area contributed by atoms with Gasteiger partial charge in [-0.1, -0.05) is 6.08 Å². The molecule has 0 spiro atoms. The van der Waals surface area contributed by atoms with E-state index in [0.29, 0.717) is 0 Å². The van der Waals surface area contributed by atoms with Crippen molar-refractivity contribution in [1.29, 1.82) is 0 Å². The number of pyridine rings is 1. The van der Waals surface area contributed by atoms with Crippen LogP contribution in [0, 0.1) is 6.92 Å². The molecule has 2 rings (SSSR count). The van der Waals surface area contributed by atoms with Crippen LogP contribution in [0.2, 0.25) is 0 Å². The minimum Gasteiger partial charge on any atom is -0.444 e. The molecule has 1 aromatic heterocycles. The van der Waals surface area contributed by atoms with E-state index >= 15 is 0 Å². The third-order valence-electron chi connectivity index (χ3n) is 3.52. The number of aryl methyl sites for hydroxylation is 1. The summed E-state index contributed by atoms with van der Waals surface area (Å²) in [4.78, 5) is 16.0.